The molecule has 0 rings (SSSR count). The fourth-order valence-electron chi connectivity index (χ4n) is 0.931. The standard InChI is InChI=1S/C11H17F3/c1-4-5-6-7-8-9(2)10(3)11(12,13)14/h7-8H,4-6H2,1-3H3/b8-7+,10-9+. The quantitative estimate of drug-likeness (QED) is 0.464. The molecule has 0 aromatic rings. The Bertz CT molecular complexity index is 221. The molecule has 82 valence electrons. The fraction of sp³-hybridized carbons (Fsp3) is 0.636. The molecule has 0 atom stereocenters. The van der Waals surface area contributed by atoms with Gasteiger partial charge in [0.2, 0.25) is 0 Å². The van der Waals surface area contributed by atoms with Crippen molar-refractivity contribution in [2.75, 3.05) is 0 Å². The van der Waals surface area contributed by atoms with Gasteiger partial charge in [0.25, 0.3) is 0 Å². The van der Waals surface area contributed by atoms with Gasteiger partial charge in [0.1, 0.15) is 0 Å². The third-order valence-corrected chi connectivity index (χ3v) is 2.11. The Kier molecular flexibility index (Phi) is 5.58. The van der Waals surface area contributed by atoms with Gasteiger partial charge in [0.05, 0.1) is 0 Å². The minimum Gasteiger partial charge on any atom is -0.166 e. The van der Waals surface area contributed by atoms with Crippen LogP contribution in [0.25, 0.3) is 0 Å². The Morgan fingerprint density at radius 1 is 1.21 bits per heavy atom. The first kappa shape index (κ1) is 13.3. The Balaban J connectivity index is 4.30. The molecule has 0 aromatic carbocycles. The van der Waals surface area contributed by atoms with Crippen LogP contribution in [0.4, 0.5) is 13.2 Å². The maximum atomic E-state index is 12.2. The second-order valence-corrected chi connectivity index (χ2v) is 3.35. The molecule has 0 unspecified atom stereocenters. The van der Waals surface area contributed by atoms with Gasteiger partial charge in [0.15, 0.2) is 0 Å². The summed E-state index contributed by atoms with van der Waals surface area (Å²) in [6.45, 7) is 4.66. The number of hydrogen-bond donors (Lipinski definition) is 0. The van der Waals surface area contributed by atoms with Gasteiger partial charge in [-0.1, -0.05) is 31.9 Å². The van der Waals surface area contributed by atoms with E-state index in [1.807, 2.05) is 0 Å². The molecule has 0 nitrogen and oxygen atoms in total. The van der Waals surface area contributed by atoms with E-state index in [9.17, 15) is 13.2 Å². The van der Waals surface area contributed by atoms with E-state index in [1.54, 1.807) is 12.2 Å². The zero-order valence-corrected chi connectivity index (χ0v) is 8.91. The van der Waals surface area contributed by atoms with Crippen LogP contribution in [0.5, 0.6) is 0 Å². The minimum atomic E-state index is -4.20. The highest BCUT2D eigenvalue weighted by molar-refractivity contribution is 5.25. The van der Waals surface area contributed by atoms with Crippen molar-refractivity contribution in [2.24, 2.45) is 0 Å². The lowest BCUT2D eigenvalue weighted by molar-refractivity contribution is -0.0919. The summed E-state index contributed by atoms with van der Waals surface area (Å²) in [7, 11) is 0. The van der Waals surface area contributed by atoms with Gasteiger partial charge in [-0.05, 0) is 25.8 Å². The van der Waals surface area contributed by atoms with Crippen LogP contribution in [0.3, 0.4) is 0 Å². The Morgan fingerprint density at radius 3 is 2.21 bits per heavy atom. The van der Waals surface area contributed by atoms with Crippen LogP contribution in [0.15, 0.2) is 23.3 Å². The average Bonchev–Trinajstić information content (AvgIpc) is 2.09. The van der Waals surface area contributed by atoms with E-state index in [0.717, 1.165) is 26.2 Å². The largest absolute Gasteiger partial charge is 0.412 e. The van der Waals surface area contributed by atoms with E-state index in [1.165, 1.54) is 6.92 Å². The second-order valence-electron chi connectivity index (χ2n) is 3.35. The second kappa shape index (κ2) is 5.89. The van der Waals surface area contributed by atoms with Crippen molar-refractivity contribution in [3.63, 3.8) is 0 Å². The van der Waals surface area contributed by atoms with Crippen LogP contribution in [-0.2, 0) is 0 Å². The summed E-state index contributed by atoms with van der Waals surface area (Å²) in [5.41, 5.74) is -0.209. The summed E-state index contributed by atoms with van der Waals surface area (Å²) in [6, 6.07) is 0. The van der Waals surface area contributed by atoms with Crippen LogP contribution in [0, 0.1) is 0 Å². The van der Waals surface area contributed by atoms with Crippen molar-refractivity contribution >= 4 is 0 Å². The Morgan fingerprint density at radius 2 is 1.79 bits per heavy atom. The molecule has 0 aliphatic carbocycles. The Labute approximate surface area is 83.5 Å². The number of halogens is 3. The van der Waals surface area contributed by atoms with Crippen LogP contribution in [0.2, 0.25) is 0 Å². The first-order valence-corrected chi connectivity index (χ1v) is 4.80. The molecule has 0 heterocycles. The zero-order valence-electron chi connectivity index (χ0n) is 8.91. The average molecular weight is 206 g/mol. The van der Waals surface area contributed by atoms with Gasteiger partial charge in [-0.15, -0.1) is 0 Å². The summed E-state index contributed by atoms with van der Waals surface area (Å²) >= 11 is 0. The predicted molar refractivity (Wildman–Crippen MR) is 53.1 cm³/mol. The molecule has 14 heavy (non-hydrogen) atoms. The summed E-state index contributed by atoms with van der Waals surface area (Å²) < 4.78 is 36.5. The number of hydrogen-bond acceptors (Lipinski definition) is 0. The molecule has 0 N–H and O–H groups in total. The Hall–Kier alpha value is -0.730. The number of unbranched alkanes of at least 4 members (excludes halogenated alkanes) is 2. The third kappa shape index (κ3) is 5.10. The van der Waals surface area contributed by atoms with Crippen molar-refractivity contribution in [3.05, 3.63) is 23.3 Å². The highest BCUT2D eigenvalue weighted by atomic mass is 19.4. The normalized spacial score (nSPS) is 14.7. The lowest BCUT2D eigenvalue weighted by Gasteiger charge is -2.08. The summed E-state index contributed by atoms with van der Waals surface area (Å²) in [5, 5.41) is 0. The van der Waals surface area contributed by atoms with Gasteiger partial charge in [0, 0.05) is 5.57 Å². The van der Waals surface area contributed by atoms with E-state index >= 15 is 0 Å². The maximum absolute atomic E-state index is 12.2. The highest BCUT2D eigenvalue weighted by Gasteiger charge is 2.30. The summed E-state index contributed by atoms with van der Waals surface area (Å²) in [5.74, 6) is 0. The lowest BCUT2D eigenvalue weighted by atomic mass is 10.1. The van der Waals surface area contributed by atoms with Gasteiger partial charge >= 0.3 is 6.18 Å². The molecule has 0 spiro atoms. The minimum absolute atomic E-state index is 0.300. The number of allylic oxidation sites excluding steroid dienone is 4. The monoisotopic (exact) mass is 206 g/mol. The van der Waals surface area contributed by atoms with Gasteiger partial charge < -0.3 is 0 Å². The highest BCUT2D eigenvalue weighted by Crippen LogP contribution is 2.27. The van der Waals surface area contributed by atoms with Crippen molar-refractivity contribution in [3.8, 4) is 0 Å². The first-order valence-electron chi connectivity index (χ1n) is 4.80. The van der Waals surface area contributed by atoms with Crippen LogP contribution in [-0.4, -0.2) is 6.18 Å². The molecule has 0 saturated carbocycles. The molecule has 0 aliphatic heterocycles. The molecule has 0 amide bonds. The van der Waals surface area contributed by atoms with Crippen LogP contribution >= 0.6 is 0 Å². The molecule has 0 saturated heterocycles. The zero-order chi connectivity index (χ0) is 11.2. The molecule has 0 aromatic heterocycles. The third-order valence-electron chi connectivity index (χ3n) is 2.11. The van der Waals surface area contributed by atoms with E-state index in [0.29, 0.717) is 5.57 Å². The van der Waals surface area contributed by atoms with Gasteiger partial charge in [-0.3, -0.25) is 0 Å². The van der Waals surface area contributed by atoms with Crippen LogP contribution < -0.4 is 0 Å². The molecule has 0 bridgehead atoms. The van der Waals surface area contributed by atoms with Crippen LogP contribution in [0.1, 0.15) is 40.0 Å². The number of rotatable bonds is 4. The fourth-order valence-corrected chi connectivity index (χ4v) is 0.931. The first-order chi connectivity index (χ1) is 6.39. The topological polar surface area (TPSA) is 0 Å². The maximum Gasteiger partial charge on any atom is 0.412 e. The van der Waals surface area contributed by atoms with E-state index < -0.39 is 11.7 Å². The smallest absolute Gasteiger partial charge is 0.166 e. The number of alkyl halides is 3. The van der Waals surface area contributed by atoms with Crippen molar-refractivity contribution in [2.45, 2.75) is 46.2 Å². The lowest BCUT2D eigenvalue weighted by Crippen LogP contribution is -2.10. The molecule has 3 heteroatoms. The van der Waals surface area contributed by atoms with Gasteiger partial charge in [-0.25, -0.2) is 0 Å². The van der Waals surface area contributed by atoms with Gasteiger partial charge in [-0.2, -0.15) is 13.2 Å². The molecular weight excluding hydrogens is 189 g/mol. The van der Waals surface area contributed by atoms with Crippen molar-refractivity contribution in [1.29, 1.82) is 0 Å². The van der Waals surface area contributed by atoms with E-state index in [2.05, 4.69) is 6.92 Å². The predicted octanol–water partition coefficient (Wildman–Crippen LogP) is 4.63. The SMILES string of the molecule is CCCC/C=C/C(C)=C(\C)C(F)(F)F. The molecular formula is C11H17F3. The van der Waals surface area contributed by atoms with Crippen molar-refractivity contribution in [1.82, 2.24) is 0 Å². The van der Waals surface area contributed by atoms with E-state index in [4.69, 9.17) is 0 Å². The van der Waals surface area contributed by atoms with E-state index in [-0.39, 0.29) is 0 Å². The summed E-state index contributed by atoms with van der Waals surface area (Å²) in [6.07, 6.45) is 2.09. The molecule has 0 fully saturated rings. The van der Waals surface area contributed by atoms with Crippen molar-refractivity contribution < 1.29 is 13.2 Å². The molecule has 0 aliphatic rings. The molecule has 0 radical (unpaired) electrons. The summed E-state index contributed by atoms with van der Waals surface area (Å²) in [4.78, 5) is 0.